The zero-order valence-corrected chi connectivity index (χ0v) is 13.9. The highest BCUT2D eigenvalue weighted by Gasteiger charge is 2.33. The molecule has 1 aliphatic heterocycles. The van der Waals surface area contributed by atoms with Gasteiger partial charge in [-0.1, -0.05) is 6.92 Å². The molecule has 0 saturated heterocycles. The van der Waals surface area contributed by atoms with Gasteiger partial charge in [0.15, 0.2) is 11.5 Å². The van der Waals surface area contributed by atoms with Crippen molar-refractivity contribution in [2.24, 2.45) is 10.9 Å². The van der Waals surface area contributed by atoms with Crippen LogP contribution in [0.5, 0.6) is 11.5 Å². The summed E-state index contributed by atoms with van der Waals surface area (Å²) >= 11 is 0. The summed E-state index contributed by atoms with van der Waals surface area (Å²) in [4.78, 5) is 5.14. The Bertz CT molecular complexity index is 772. The quantitative estimate of drug-likeness (QED) is 0.850. The molecule has 0 N–H and O–H groups in total. The van der Waals surface area contributed by atoms with Crippen molar-refractivity contribution < 1.29 is 9.47 Å². The van der Waals surface area contributed by atoms with Gasteiger partial charge in [0.05, 0.1) is 37.4 Å². The lowest BCUT2D eigenvalue weighted by Gasteiger charge is -2.18. The van der Waals surface area contributed by atoms with Gasteiger partial charge in [-0.05, 0) is 37.5 Å². The summed E-state index contributed by atoms with van der Waals surface area (Å²) in [6.45, 7) is 2.19. The Morgan fingerprint density at radius 2 is 1.91 bits per heavy atom. The van der Waals surface area contributed by atoms with Crippen LogP contribution in [0.1, 0.15) is 43.5 Å². The van der Waals surface area contributed by atoms with E-state index < -0.39 is 0 Å². The summed E-state index contributed by atoms with van der Waals surface area (Å²) in [5.41, 5.74) is 4.83. The Kier molecular flexibility index (Phi) is 3.40. The molecule has 2 heterocycles. The first-order valence-electron chi connectivity index (χ1n) is 8.28. The zero-order valence-electron chi connectivity index (χ0n) is 13.9. The highest BCUT2D eigenvalue weighted by atomic mass is 16.5. The molecule has 4 nitrogen and oxygen atoms in total. The number of hydrogen-bond donors (Lipinski definition) is 0. The van der Waals surface area contributed by atoms with Crippen molar-refractivity contribution in [2.45, 2.75) is 32.2 Å². The Morgan fingerprint density at radius 3 is 2.57 bits per heavy atom. The largest absolute Gasteiger partial charge is 0.493 e. The molecule has 0 unspecified atom stereocenters. The molecule has 1 aliphatic carbocycles. The van der Waals surface area contributed by atoms with E-state index in [1.54, 1.807) is 14.2 Å². The fourth-order valence-electron chi connectivity index (χ4n) is 3.45. The lowest BCUT2D eigenvalue weighted by atomic mass is 10.0. The average molecular weight is 310 g/mol. The Hall–Kier alpha value is -2.23. The van der Waals surface area contributed by atoms with Crippen LogP contribution in [-0.2, 0) is 0 Å². The van der Waals surface area contributed by atoms with Gasteiger partial charge in [-0.2, -0.15) is 0 Å². The van der Waals surface area contributed by atoms with Gasteiger partial charge in [-0.15, -0.1) is 0 Å². The van der Waals surface area contributed by atoms with Crippen molar-refractivity contribution in [2.75, 3.05) is 14.2 Å². The van der Waals surface area contributed by atoms with Crippen LogP contribution in [-0.4, -0.2) is 24.5 Å². The van der Waals surface area contributed by atoms with Crippen molar-refractivity contribution in [3.63, 3.8) is 0 Å². The minimum Gasteiger partial charge on any atom is -0.493 e. The molecule has 1 aromatic heterocycles. The van der Waals surface area contributed by atoms with Crippen molar-refractivity contribution in [1.82, 2.24) is 4.57 Å². The fourth-order valence-corrected chi connectivity index (χ4v) is 3.45. The number of aromatic nitrogens is 1. The van der Waals surface area contributed by atoms with Gasteiger partial charge >= 0.3 is 0 Å². The summed E-state index contributed by atoms with van der Waals surface area (Å²) in [6, 6.07) is 8.60. The maximum Gasteiger partial charge on any atom is 0.162 e. The van der Waals surface area contributed by atoms with Gasteiger partial charge in [0, 0.05) is 23.7 Å². The topological polar surface area (TPSA) is 35.8 Å². The third-order valence-corrected chi connectivity index (χ3v) is 4.81. The highest BCUT2D eigenvalue weighted by Crippen LogP contribution is 2.43. The molecule has 4 heteroatoms. The molecule has 0 bridgehead atoms. The van der Waals surface area contributed by atoms with Gasteiger partial charge in [0.2, 0.25) is 0 Å². The number of benzene rings is 1. The fraction of sp³-hybridized carbons (Fsp3) is 0.421. The van der Waals surface area contributed by atoms with Gasteiger partial charge in [-0.3, -0.25) is 4.99 Å². The molecular weight excluding hydrogens is 288 g/mol. The third kappa shape index (κ3) is 2.24. The molecular formula is C19H22N2O2. The second-order valence-corrected chi connectivity index (χ2v) is 6.24. The summed E-state index contributed by atoms with van der Waals surface area (Å²) in [7, 11) is 3.36. The smallest absolute Gasteiger partial charge is 0.162 e. The SMILES string of the molecule is CC[C@@H]1N=C(C2CC2)c2cccn2-c2cc(OC)c(OC)cc21. The molecule has 1 atom stereocenters. The zero-order chi connectivity index (χ0) is 16.0. The molecule has 1 fully saturated rings. The molecule has 1 saturated carbocycles. The number of rotatable bonds is 4. The van der Waals surface area contributed by atoms with Crippen LogP contribution in [0.25, 0.3) is 5.69 Å². The molecule has 0 spiro atoms. The third-order valence-electron chi connectivity index (χ3n) is 4.81. The molecule has 120 valence electrons. The number of hydrogen-bond acceptors (Lipinski definition) is 3. The van der Waals surface area contributed by atoms with E-state index in [2.05, 4.69) is 42.0 Å². The Labute approximate surface area is 136 Å². The van der Waals surface area contributed by atoms with E-state index in [0.717, 1.165) is 23.6 Å². The van der Waals surface area contributed by atoms with Crippen LogP contribution in [0.2, 0.25) is 0 Å². The van der Waals surface area contributed by atoms with Gasteiger partial charge in [0.25, 0.3) is 0 Å². The van der Waals surface area contributed by atoms with Crippen LogP contribution in [0.3, 0.4) is 0 Å². The molecule has 1 aromatic carbocycles. The van der Waals surface area contributed by atoms with Gasteiger partial charge in [0.1, 0.15) is 0 Å². The number of fused-ring (bicyclic) bond motifs is 3. The first-order valence-corrected chi connectivity index (χ1v) is 8.28. The second kappa shape index (κ2) is 5.44. The van der Waals surface area contributed by atoms with E-state index >= 15 is 0 Å². The predicted molar refractivity (Wildman–Crippen MR) is 91.2 cm³/mol. The summed E-state index contributed by atoms with van der Waals surface area (Å²) in [5, 5.41) is 0. The normalized spacial score (nSPS) is 19.4. The first kappa shape index (κ1) is 14.4. The summed E-state index contributed by atoms with van der Waals surface area (Å²) < 4.78 is 13.3. The average Bonchev–Trinajstić information content (AvgIpc) is 3.33. The monoisotopic (exact) mass is 310 g/mol. The van der Waals surface area contributed by atoms with Crippen LogP contribution >= 0.6 is 0 Å². The minimum atomic E-state index is 0.167. The standard InChI is InChI=1S/C19H22N2O2/c1-4-14-13-10-17(22-2)18(23-3)11-16(13)21-9-5-6-15(21)19(20-14)12-7-8-12/h5-6,9-12,14H,4,7-8H2,1-3H3/t14-/m0/s1. The predicted octanol–water partition coefficient (Wildman–Crippen LogP) is 4.16. The lowest BCUT2D eigenvalue weighted by Crippen LogP contribution is -2.08. The number of ether oxygens (including phenoxy) is 2. The minimum absolute atomic E-state index is 0.167. The maximum absolute atomic E-state index is 5.51. The van der Waals surface area contributed by atoms with E-state index in [0.29, 0.717) is 5.92 Å². The summed E-state index contributed by atoms with van der Waals surface area (Å²) in [6.07, 6.45) is 5.60. The molecule has 2 aliphatic rings. The molecule has 23 heavy (non-hydrogen) atoms. The van der Waals surface area contributed by atoms with Gasteiger partial charge < -0.3 is 14.0 Å². The van der Waals surface area contributed by atoms with Crippen LogP contribution in [0, 0.1) is 5.92 Å². The van der Waals surface area contributed by atoms with E-state index in [1.165, 1.54) is 29.8 Å². The number of nitrogens with zero attached hydrogens (tertiary/aromatic N) is 2. The highest BCUT2D eigenvalue weighted by molar-refractivity contribution is 6.03. The van der Waals surface area contributed by atoms with Crippen molar-refractivity contribution in [1.29, 1.82) is 0 Å². The van der Waals surface area contributed by atoms with E-state index in [4.69, 9.17) is 14.5 Å². The Balaban J connectivity index is 1.97. The maximum atomic E-state index is 5.51. The van der Waals surface area contributed by atoms with E-state index in [1.807, 2.05) is 0 Å². The Morgan fingerprint density at radius 1 is 1.17 bits per heavy atom. The first-order chi connectivity index (χ1) is 11.3. The van der Waals surface area contributed by atoms with Gasteiger partial charge in [-0.25, -0.2) is 0 Å². The number of aliphatic imine (C=N–C) groups is 1. The molecule has 2 aromatic rings. The lowest BCUT2D eigenvalue weighted by molar-refractivity contribution is 0.354. The van der Waals surface area contributed by atoms with Crippen molar-refractivity contribution >= 4 is 5.71 Å². The van der Waals surface area contributed by atoms with Crippen LogP contribution in [0.4, 0.5) is 0 Å². The van der Waals surface area contributed by atoms with Crippen LogP contribution < -0.4 is 9.47 Å². The molecule has 0 radical (unpaired) electrons. The number of methoxy groups -OCH3 is 2. The molecule has 0 amide bonds. The van der Waals surface area contributed by atoms with Crippen LogP contribution in [0.15, 0.2) is 35.5 Å². The molecule has 4 rings (SSSR count). The summed E-state index contributed by atoms with van der Waals surface area (Å²) in [5.74, 6) is 2.15. The van der Waals surface area contributed by atoms with E-state index in [9.17, 15) is 0 Å². The van der Waals surface area contributed by atoms with Crippen molar-refractivity contribution in [3.8, 4) is 17.2 Å². The second-order valence-electron chi connectivity index (χ2n) is 6.24. The van der Waals surface area contributed by atoms with Crippen molar-refractivity contribution in [3.05, 3.63) is 41.7 Å². The van der Waals surface area contributed by atoms with E-state index in [-0.39, 0.29) is 6.04 Å².